The Balaban J connectivity index is 0.000000328. The molecule has 0 heterocycles. The molecular weight excluding hydrogens is 740 g/mol. The van der Waals surface area contributed by atoms with Crippen LogP contribution < -0.4 is 0 Å². The highest BCUT2D eigenvalue weighted by Crippen LogP contribution is 2.45. The Morgan fingerprint density at radius 1 is 0.344 bits per heavy atom. The molecule has 0 saturated heterocycles. The van der Waals surface area contributed by atoms with Gasteiger partial charge in [-0.25, -0.2) is 4.39 Å². The maximum atomic E-state index is 13.7. The molecule has 4 aromatic carbocycles. The number of hydrogen-bond donors (Lipinski definition) is 0. The molecule has 61 heavy (non-hydrogen) atoms. The lowest BCUT2D eigenvalue weighted by molar-refractivity contribution is 0.165. The third-order valence-corrected chi connectivity index (χ3v) is 17.0. The van der Waals surface area contributed by atoms with Gasteiger partial charge in [0, 0.05) is 7.13 Å². The fraction of sp³-hybridized carbons (Fsp3) is 0.600. The molecule has 5 aliphatic rings. The summed E-state index contributed by atoms with van der Waals surface area (Å²) in [5.74, 6) is 9.11. The second-order valence-corrected chi connectivity index (χ2v) is 21.6. The summed E-state index contributed by atoms with van der Waals surface area (Å²) in [7, 11) is 0. The lowest BCUT2D eigenvalue weighted by Gasteiger charge is -2.37. The second-order valence-electron chi connectivity index (χ2n) is 21.6. The quantitative estimate of drug-likeness (QED) is 0.182. The monoisotopic (exact) mass is 833 g/mol. The van der Waals surface area contributed by atoms with E-state index in [1.54, 1.807) is 11.6 Å². The first-order chi connectivity index (χ1) is 29.6. The van der Waals surface area contributed by atoms with Gasteiger partial charge >= 0.3 is 0 Å². The van der Waals surface area contributed by atoms with Crippen LogP contribution in [0.25, 0.3) is 11.1 Å². The van der Waals surface area contributed by atoms with Gasteiger partial charge in [-0.05, 0) is 209 Å². The summed E-state index contributed by atoms with van der Waals surface area (Å²) >= 11 is 0. The van der Waals surface area contributed by atoms with Gasteiger partial charge in [0.05, 0.1) is 0 Å². The number of rotatable bonds is 6. The van der Waals surface area contributed by atoms with E-state index in [-0.39, 0.29) is 13.0 Å². The Labute approximate surface area is 380 Å². The van der Waals surface area contributed by atoms with E-state index in [0.717, 1.165) is 58.8 Å². The summed E-state index contributed by atoms with van der Waals surface area (Å²) in [5, 5.41) is 0. The van der Waals surface area contributed by atoms with Crippen molar-refractivity contribution in [3.05, 3.63) is 130 Å². The van der Waals surface area contributed by atoms with Crippen LogP contribution in [-0.2, 0) is 0 Å². The van der Waals surface area contributed by atoms with Crippen LogP contribution >= 0.6 is 0 Å². The Morgan fingerprint density at radius 3 is 1.02 bits per heavy atom. The van der Waals surface area contributed by atoms with E-state index in [9.17, 15) is 4.39 Å². The Bertz CT molecular complexity index is 1870. The van der Waals surface area contributed by atoms with Crippen LogP contribution in [0, 0.1) is 68.0 Å². The third-order valence-electron chi connectivity index (χ3n) is 17.0. The Morgan fingerprint density at radius 2 is 0.623 bits per heavy atom. The van der Waals surface area contributed by atoms with Crippen molar-refractivity contribution in [2.45, 2.75) is 188 Å². The molecule has 0 nitrogen and oxygen atoms in total. The zero-order chi connectivity index (χ0) is 42.7. The Kier molecular flexibility index (Phi) is 16.9. The van der Waals surface area contributed by atoms with Gasteiger partial charge in [-0.2, -0.15) is 0 Å². The van der Waals surface area contributed by atoms with Crippen LogP contribution in [-0.4, -0.2) is 0 Å². The van der Waals surface area contributed by atoms with Crippen LogP contribution in [0.15, 0.2) is 91.0 Å². The topological polar surface area (TPSA) is 0 Å². The normalized spacial score (nSPS) is 30.5. The van der Waals surface area contributed by atoms with Crippen molar-refractivity contribution in [1.82, 2.24) is 0 Å². The van der Waals surface area contributed by atoms with Crippen molar-refractivity contribution in [1.29, 1.82) is 0 Å². The maximum Gasteiger partial charge on any atom is 0.126 e. The molecule has 5 aliphatic carbocycles. The van der Waals surface area contributed by atoms with Crippen molar-refractivity contribution >= 4 is 0 Å². The van der Waals surface area contributed by atoms with Crippen molar-refractivity contribution in [2.75, 3.05) is 0 Å². The molecule has 9 rings (SSSR count). The molecule has 0 aromatic heterocycles. The van der Waals surface area contributed by atoms with Crippen molar-refractivity contribution < 1.29 is 11.5 Å². The average molecular weight is 833 g/mol. The third kappa shape index (κ3) is 13.2. The molecule has 5 saturated carbocycles. The van der Waals surface area contributed by atoms with Gasteiger partial charge in [0.15, 0.2) is 0 Å². The minimum absolute atomic E-state index is 0. The summed E-state index contributed by atoms with van der Waals surface area (Å²) in [6, 6.07) is 33.2. The molecular formula is C60H93F. The summed E-state index contributed by atoms with van der Waals surface area (Å²) < 4.78 is 13.7. The van der Waals surface area contributed by atoms with E-state index in [0.29, 0.717) is 5.92 Å². The fourth-order valence-electron chi connectivity index (χ4n) is 12.4. The van der Waals surface area contributed by atoms with E-state index < -0.39 is 0 Å². The molecule has 340 valence electrons. The van der Waals surface area contributed by atoms with E-state index in [1.165, 1.54) is 162 Å². The fourth-order valence-corrected chi connectivity index (χ4v) is 12.4. The predicted octanol–water partition coefficient (Wildman–Crippen LogP) is 19.5. The molecule has 0 bridgehead atoms. The standard InChI is InChI=1S/C20H29F.C20H30.C20H24.5H2/c1-14-3-6-16(7-4-14)17-9-11-18(12-10-17)19-8-5-15(2)20(21)13-19;2*1-15-3-7-17(8-4-15)19-11-13-20(14-12-19)18-9-5-16(2)6-10-18;;;;;/h5,8,13-14,16-18H,3-4,6-7,9-12H2,1-2H3;3-4,7-8,16,18-20H,5-6,9-14H2,1-2H3;3-4,7-8,11-14,16,18H,5-6,9-10H2,1-2H3;5*1H. The van der Waals surface area contributed by atoms with Crippen molar-refractivity contribution in [2.24, 2.45) is 41.4 Å². The first kappa shape index (κ1) is 45.8. The number of halogens is 1. The molecule has 0 spiro atoms. The van der Waals surface area contributed by atoms with Crippen molar-refractivity contribution in [3.8, 4) is 11.1 Å². The highest BCUT2D eigenvalue weighted by Gasteiger charge is 2.32. The van der Waals surface area contributed by atoms with E-state index >= 15 is 0 Å². The molecule has 0 radical (unpaired) electrons. The predicted molar refractivity (Wildman–Crippen MR) is 272 cm³/mol. The maximum absolute atomic E-state index is 13.7. The first-order valence-electron chi connectivity index (χ1n) is 25.6. The van der Waals surface area contributed by atoms with Crippen LogP contribution in [0.4, 0.5) is 4.39 Å². The van der Waals surface area contributed by atoms with E-state index in [2.05, 4.69) is 113 Å². The minimum atomic E-state index is -0.0316. The van der Waals surface area contributed by atoms with Gasteiger partial charge in [-0.15, -0.1) is 0 Å². The van der Waals surface area contributed by atoms with Crippen LogP contribution in [0.3, 0.4) is 0 Å². The van der Waals surface area contributed by atoms with Crippen LogP contribution in [0.2, 0.25) is 0 Å². The SMILES string of the molecule is Cc1ccc(-c2ccc(C3CCC(C)CC3)cc2)cc1.Cc1ccc(C2CCC(C3CCC(C)CC3)CC2)cc1.Cc1ccc(C2CCC(C3CCC(C)CC3)CC2)cc1F.[HH].[HH].[HH].[HH].[HH]. The number of aryl methyl sites for hydroxylation is 3. The largest absolute Gasteiger partial charge is 0.207 e. The molecule has 0 aliphatic heterocycles. The van der Waals surface area contributed by atoms with Crippen LogP contribution in [0.5, 0.6) is 0 Å². The number of hydrogen-bond acceptors (Lipinski definition) is 0. The molecule has 0 unspecified atom stereocenters. The lowest BCUT2D eigenvalue weighted by atomic mass is 9.68. The molecule has 1 heteroatoms. The van der Waals surface area contributed by atoms with Crippen molar-refractivity contribution in [3.63, 3.8) is 0 Å². The zero-order valence-corrected chi connectivity index (χ0v) is 39.5. The van der Waals surface area contributed by atoms with Crippen LogP contribution in [0.1, 0.15) is 207 Å². The highest BCUT2D eigenvalue weighted by molar-refractivity contribution is 5.64. The van der Waals surface area contributed by atoms with Gasteiger partial charge in [0.2, 0.25) is 0 Å². The summed E-state index contributed by atoms with van der Waals surface area (Å²) in [6.07, 6.45) is 28.4. The smallest absolute Gasteiger partial charge is 0.126 e. The highest BCUT2D eigenvalue weighted by atomic mass is 19.1. The molecule has 5 fully saturated rings. The summed E-state index contributed by atoms with van der Waals surface area (Å²) in [4.78, 5) is 0. The molecule has 0 amide bonds. The summed E-state index contributed by atoms with van der Waals surface area (Å²) in [5.41, 5.74) is 10.5. The van der Waals surface area contributed by atoms with Gasteiger partial charge < -0.3 is 0 Å². The zero-order valence-electron chi connectivity index (χ0n) is 39.5. The van der Waals surface area contributed by atoms with Gasteiger partial charge in [0.1, 0.15) is 5.82 Å². The number of benzene rings is 4. The van der Waals surface area contributed by atoms with Gasteiger partial charge in [-0.1, -0.05) is 155 Å². The molecule has 4 aromatic rings. The molecule has 0 atom stereocenters. The summed E-state index contributed by atoms with van der Waals surface area (Å²) in [6.45, 7) is 13.4. The molecule has 0 N–H and O–H groups in total. The first-order valence-corrected chi connectivity index (χ1v) is 25.6. The van der Waals surface area contributed by atoms with E-state index in [1.807, 2.05) is 13.0 Å². The Hall–Kier alpha value is -3.19. The van der Waals surface area contributed by atoms with E-state index in [4.69, 9.17) is 0 Å². The van der Waals surface area contributed by atoms with Gasteiger partial charge in [0.25, 0.3) is 0 Å². The second kappa shape index (κ2) is 22.4. The average Bonchev–Trinajstić information content (AvgIpc) is 3.29. The van der Waals surface area contributed by atoms with Gasteiger partial charge in [-0.3, -0.25) is 0 Å². The minimum Gasteiger partial charge on any atom is -0.207 e. The lowest BCUT2D eigenvalue weighted by Crippen LogP contribution is -2.24.